The molecule has 0 aliphatic rings. The lowest BCUT2D eigenvalue weighted by Gasteiger charge is -2.09. The van der Waals surface area contributed by atoms with Crippen molar-refractivity contribution in [3.63, 3.8) is 0 Å². The van der Waals surface area contributed by atoms with E-state index in [0.29, 0.717) is 16.5 Å². The molecule has 4 nitrogen and oxygen atoms in total. The summed E-state index contributed by atoms with van der Waals surface area (Å²) in [5, 5.41) is 0.343. The summed E-state index contributed by atoms with van der Waals surface area (Å²) in [6, 6.07) is 12.8. The maximum absolute atomic E-state index is 12.1. The van der Waals surface area contributed by atoms with Gasteiger partial charge in [0.25, 0.3) is 10.0 Å². The van der Waals surface area contributed by atoms with Crippen LogP contribution in [0.1, 0.15) is 0 Å². The third-order valence-corrected chi connectivity index (χ3v) is 4.15. The molecule has 0 aromatic heterocycles. The van der Waals surface area contributed by atoms with Crippen LogP contribution in [0.2, 0.25) is 5.02 Å². The van der Waals surface area contributed by atoms with E-state index < -0.39 is 10.0 Å². The number of methoxy groups -OCH3 is 1. The van der Waals surface area contributed by atoms with Crippen LogP contribution >= 0.6 is 11.6 Å². The molecular weight excluding hydrogens is 286 g/mol. The predicted molar refractivity (Wildman–Crippen MR) is 75.3 cm³/mol. The summed E-state index contributed by atoms with van der Waals surface area (Å²) in [7, 11) is -2.10. The Kier molecular flexibility index (Phi) is 3.97. The zero-order valence-corrected chi connectivity index (χ0v) is 11.7. The molecule has 0 saturated carbocycles. The van der Waals surface area contributed by atoms with Crippen molar-refractivity contribution in [2.75, 3.05) is 11.8 Å². The van der Waals surface area contributed by atoms with Gasteiger partial charge in [-0.05, 0) is 30.3 Å². The first-order chi connectivity index (χ1) is 9.03. The molecule has 0 amide bonds. The molecule has 0 bridgehead atoms. The standard InChI is InChI=1S/C13H12ClNO3S/c1-18-13-8-7-10(9-12(13)14)15-19(16,17)11-5-3-2-4-6-11/h2-9,15H,1H3. The van der Waals surface area contributed by atoms with Crippen molar-refractivity contribution in [2.45, 2.75) is 4.90 Å². The second-order valence-corrected chi connectivity index (χ2v) is 5.86. The molecule has 0 fully saturated rings. The summed E-state index contributed by atoms with van der Waals surface area (Å²) in [5.74, 6) is 0.490. The second-order valence-electron chi connectivity index (χ2n) is 3.77. The van der Waals surface area contributed by atoms with Gasteiger partial charge in [0.1, 0.15) is 5.75 Å². The zero-order chi connectivity index (χ0) is 13.9. The average Bonchev–Trinajstić information content (AvgIpc) is 2.39. The molecule has 0 atom stereocenters. The molecule has 1 N–H and O–H groups in total. The molecule has 0 heterocycles. The van der Waals surface area contributed by atoms with Crippen LogP contribution < -0.4 is 9.46 Å². The van der Waals surface area contributed by atoms with Gasteiger partial charge in [0, 0.05) is 0 Å². The number of ether oxygens (including phenoxy) is 1. The van der Waals surface area contributed by atoms with E-state index in [1.807, 2.05) is 0 Å². The second kappa shape index (κ2) is 5.50. The minimum Gasteiger partial charge on any atom is -0.495 e. The van der Waals surface area contributed by atoms with Gasteiger partial charge in [0.05, 0.1) is 22.7 Å². The van der Waals surface area contributed by atoms with Gasteiger partial charge in [-0.2, -0.15) is 0 Å². The minimum atomic E-state index is -3.60. The molecule has 0 unspecified atom stereocenters. The smallest absolute Gasteiger partial charge is 0.261 e. The van der Waals surface area contributed by atoms with E-state index in [4.69, 9.17) is 16.3 Å². The van der Waals surface area contributed by atoms with Gasteiger partial charge in [0.2, 0.25) is 0 Å². The van der Waals surface area contributed by atoms with Crippen LogP contribution in [0.5, 0.6) is 5.75 Å². The fourth-order valence-electron chi connectivity index (χ4n) is 1.54. The number of halogens is 1. The zero-order valence-electron chi connectivity index (χ0n) is 10.1. The van der Waals surface area contributed by atoms with Crippen LogP contribution in [-0.4, -0.2) is 15.5 Å². The SMILES string of the molecule is COc1ccc(NS(=O)(=O)c2ccccc2)cc1Cl. The summed E-state index contributed by atoms with van der Waals surface area (Å²) in [4.78, 5) is 0.196. The maximum Gasteiger partial charge on any atom is 0.261 e. The van der Waals surface area contributed by atoms with Crippen LogP contribution in [0.25, 0.3) is 0 Å². The highest BCUT2D eigenvalue weighted by Crippen LogP contribution is 2.28. The number of hydrogen-bond donors (Lipinski definition) is 1. The van der Waals surface area contributed by atoms with E-state index in [1.54, 1.807) is 30.3 Å². The Balaban J connectivity index is 2.29. The van der Waals surface area contributed by atoms with Gasteiger partial charge in [-0.15, -0.1) is 0 Å². The van der Waals surface area contributed by atoms with Crippen LogP contribution in [0, 0.1) is 0 Å². The van der Waals surface area contributed by atoms with Crippen LogP contribution in [0.15, 0.2) is 53.4 Å². The summed E-state index contributed by atoms with van der Waals surface area (Å²) in [5.41, 5.74) is 0.384. The van der Waals surface area contributed by atoms with Gasteiger partial charge in [-0.1, -0.05) is 29.8 Å². The first-order valence-corrected chi connectivity index (χ1v) is 7.30. The van der Waals surface area contributed by atoms with Crippen molar-refractivity contribution in [3.05, 3.63) is 53.6 Å². The van der Waals surface area contributed by atoms with Crippen LogP contribution in [0.3, 0.4) is 0 Å². The lowest BCUT2D eigenvalue weighted by Crippen LogP contribution is -2.12. The average molecular weight is 298 g/mol. The van der Waals surface area contributed by atoms with Crippen LogP contribution in [-0.2, 0) is 10.0 Å². The molecule has 2 aromatic rings. The van der Waals surface area contributed by atoms with E-state index in [-0.39, 0.29) is 4.90 Å². The fraction of sp³-hybridized carbons (Fsp3) is 0.0769. The van der Waals surface area contributed by atoms with Gasteiger partial charge in [-0.3, -0.25) is 4.72 Å². The third-order valence-electron chi connectivity index (χ3n) is 2.46. The topological polar surface area (TPSA) is 55.4 Å². The number of nitrogens with one attached hydrogen (secondary N) is 1. The molecule has 19 heavy (non-hydrogen) atoms. The summed E-state index contributed by atoms with van der Waals surface area (Å²) in [6.07, 6.45) is 0. The normalized spacial score (nSPS) is 11.1. The maximum atomic E-state index is 12.1. The molecule has 0 aliphatic carbocycles. The Hall–Kier alpha value is -1.72. The van der Waals surface area contributed by atoms with E-state index in [1.165, 1.54) is 25.3 Å². The van der Waals surface area contributed by atoms with Gasteiger partial charge in [0.15, 0.2) is 0 Å². The van der Waals surface area contributed by atoms with Crippen molar-refractivity contribution >= 4 is 27.3 Å². The molecule has 0 aliphatic heterocycles. The lowest BCUT2D eigenvalue weighted by atomic mass is 10.3. The predicted octanol–water partition coefficient (Wildman–Crippen LogP) is 3.15. The molecule has 0 radical (unpaired) electrons. The van der Waals surface area contributed by atoms with Crippen LogP contribution in [0.4, 0.5) is 5.69 Å². The third kappa shape index (κ3) is 3.19. The Labute approximate surface area is 117 Å². The van der Waals surface area contributed by atoms with E-state index in [0.717, 1.165) is 0 Å². The molecule has 6 heteroatoms. The monoisotopic (exact) mass is 297 g/mol. The van der Waals surface area contributed by atoms with Crippen molar-refractivity contribution in [1.82, 2.24) is 0 Å². The molecule has 100 valence electrons. The molecular formula is C13H12ClNO3S. The Morgan fingerprint density at radius 1 is 1.11 bits per heavy atom. The fourth-order valence-corrected chi connectivity index (χ4v) is 2.87. The molecule has 2 aromatic carbocycles. The van der Waals surface area contributed by atoms with Crippen molar-refractivity contribution in [3.8, 4) is 5.75 Å². The highest BCUT2D eigenvalue weighted by molar-refractivity contribution is 7.92. The van der Waals surface area contributed by atoms with Crippen molar-refractivity contribution in [1.29, 1.82) is 0 Å². The van der Waals surface area contributed by atoms with Gasteiger partial charge < -0.3 is 4.74 Å². The van der Waals surface area contributed by atoms with E-state index in [2.05, 4.69) is 4.72 Å². The van der Waals surface area contributed by atoms with Crippen molar-refractivity contribution in [2.24, 2.45) is 0 Å². The number of rotatable bonds is 4. The van der Waals surface area contributed by atoms with Gasteiger partial charge >= 0.3 is 0 Å². The Bertz CT molecular complexity index is 672. The number of anilines is 1. The first kappa shape index (κ1) is 13.7. The molecule has 0 spiro atoms. The molecule has 2 rings (SSSR count). The quantitative estimate of drug-likeness (QED) is 0.943. The summed E-state index contributed by atoms with van der Waals surface area (Å²) >= 11 is 5.94. The Morgan fingerprint density at radius 2 is 1.79 bits per heavy atom. The lowest BCUT2D eigenvalue weighted by molar-refractivity contribution is 0.415. The minimum absolute atomic E-state index is 0.196. The van der Waals surface area contributed by atoms with E-state index in [9.17, 15) is 8.42 Å². The molecule has 0 saturated heterocycles. The van der Waals surface area contributed by atoms with E-state index >= 15 is 0 Å². The Morgan fingerprint density at radius 3 is 2.37 bits per heavy atom. The van der Waals surface area contributed by atoms with Crippen molar-refractivity contribution < 1.29 is 13.2 Å². The number of benzene rings is 2. The number of sulfonamides is 1. The summed E-state index contributed by atoms with van der Waals surface area (Å²) < 4.78 is 31.6. The first-order valence-electron chi connectivity index (χ1n) is 5.44. The highest BCUT2D eigenvalue weighted by Gasteiger charge is 2.14. The summed E-state index contributed by atoms with van der Waals surface area (Å²) in [6.45, 7) is 0. The highest BCUT2D eigenvalue weighted by atomic mass is 35.5. The van der Waals surface area contributed by atoms with Gasteiger partial charge in [-0.25, -0.2) is 8.42 Å². The largest absolute Gasteiger partial charge is 0.495 e. The number of hydrogen-bond acceptors (Lipinski definition) is 3.